The highest BCUT2D eigenvalue weighted by Crippen LogP contribution is 2.15. The number of rotatable bonds is 10. The summed E-state index contributed by atoms with van der Waals surface area (Å²) in [6, 6.07) is 11.5. The lowest BCUT2D eigenvalue weighted by Crippen LogP contribution is -2.29. The topological polar surface area (TPSA) is 121 Å². The average molecular weight is 526 g/mol. The molecule has 0 N–H and O–H groups in total. The summed E-state index contributed by atoms with van der Waals surface area (Å²) in [5.41, 5.74) is 0.324. The number of benzene rings is 2. The van der Waals surface area contributed by atoms with E-state index in [4.69, 9.17) is 27.3 Å². The van der Waals surface area contributed by atoms with E-state index < -0.39 is 54.3 Å². The van der Waals surface area contributed by atoms with E-state index in [0.717, 1.165) is 0 Å². The molecule has 0 aliphatic heterocycles. The molecule has 1 unspecified atom stereocenters. The minimum atomic E-state index is -2.94. The van der Waals surface area contributed by atoms with Gasteiger partial charge in [-0.15, -0.1) is 0 Å². The molecular formula is C25H24Cl2O8. The summed E-state index contributed by atoms with van der Waals surface area (Å²) in [5.74, 6) is -8.01. The van der Waals surface area contributed by atoms with Crippen LogP contribution in [0.5, 0.6) is 0 Å². The van der Waals surface area contributed by atoms with Crippen molar-refractivity contribution in [3.05, 3.63) is 69.7 Å². The molecule has 186 valence electrons. The van der Waals surface area contributed by atoms with Crippen LogP contribution >= 0.6 is 23.2 Å². The van der Waals surface area contributed by atoms with E-state index in [1.807, 2.05) is 0 Å². The number of halogens is 2. The molecule has 0 heterocycles. The predicted octanol–water partition coefficient (Wildman–Crippen LogP) is 4.34. The lowest BCUT2D eigenvalue weighted by atomic mass is 9.95. The van der Waals surface area contributed by atoms with E-state index in [9.17, 15) is 28.8 Å². The second-order valence-corrected chi connectivity index (χ2v) is 7.51. The molecule has 2 rings (SSSR count). The smallest absolute Gasteiger partial charge is 0.375 e. The number of hydrogen-bond donors (Lipinski definition) is 0. The Hall–Kier alpha value is -3.36. The van der Waals surface area contributed by atoms with Gasteiger partial charge in [-0.05, 0) is 69.2 Å². The Morgan fingerprint density at radius 1 is 0.771 bits per heavy atom. The number of carbonyl (C=O) groups excluding carboxylic acids is 6. The van der Waals surface area contributed by atoms with Gasteiger partial charge in [0.15, 0.2) is 11.6 Å². The maximum atomic E-state index is 12.2. The van der Waals surface area contributed by atoms with Crippen molar-refractivity contribution < 1.29 is 42.4 Å². The van der Waals surface area contributed by atoms with Gasteiger partial charge in [-0.2, -0.15) is 0 Å². The van der Waals surface area contributed by atoms with Crippen molar-refractivity contribution >= 4 is 58.3 Å². The van der Waals surface area contributed by atoms with Crippen LogP contribution in [0.2, 0.25) is 10.0 Å². The van der Waals surface area contributed by atoms with E-state index in [1.54, 1.807) is 19.1 Å². The van der Waals surface area contributed by atoms with Gasteiger partial charge in [-0.25, -0.2) is 9.59 Å². The van der Waals surface area contributed by atoms with Crippen LogP contribution in [0.3, 0.4) is 0 Å². The summed E-state index contributed by atoms with van der Waals surface area (Å²) in [4.78, 5) is 69.4. The Kier molecular flexibility index (Phi) is 10.5. The maximum Gasteiger partial charge on any atom is 0.375 e. The van der Waals surface area contributed by atoms with Gasteiger partial charge in [-0.1, -0.05) is 23.2 Å². The quantitative estimate of drug-likeness (QED) is 0.194. The van der Waals surface area contributed by atoms with Gasteiger partial charge in [0.25, 0.3) is 5.78 Å². The zero-order chi connectivity index (χ0) is 29.0. The van der Waals surface area contributed by atoms with Gasteiger partial charge < -0.3 is 9.47 Å². The van der Waals surface area contributed by atoms with E-state index >= 15 is 0 Å². The number of carbonyl (C=O) groups is 6. The summed E-state index contributed by atoms with van der Waals surface area (Å²) in [6.07, 6.45) is -0.486. The third-order valence-electron chi connectivity index (χ3n) is 4.12. The Bertz CT molecular complexity index is 1180. The largest absolute Gasteiger partial charge is 0.460 e. The highest BCUT2D eigenvalue weighted by atomic mass is 35.5. The fraction of sp³-hybridized carbons (Fsp3) is 0.280. The van der Waals surface area contributed by atoms with Crippen LogP contribution in [0.1, 0.15) is 51.9 Å². The van der Waals surface area contributed by atoms with Crippen molar-refractivity contribution in [2.75, 3.05) is 13.2 Å². The summed E-state index contributed by atoms with van der Waals surface area (Å²) >= 11 is 11.3. The van der Waals surface area contributed by atoms with Crippen molar-refractivity contribution in [3.63, 3.8) is 0 Å². The molecule has 0 spiro atoms. The third-order valence-corrected chi connectivity index (χ3v) is 4.62. The monoisotopic (exact) mass is 525 g/mol. The molecule has 2 aromatic rings. The third kappa shape index (κ3) is 9.80. The van der Waals surface area contributed by atoms with Gasteiger partial charge in [0.2, 0.25) is 5.78 Å². The minimum absolute atomic E-state index is 0.0156. The molecular weight excluding hydrogens is 499 g/mol. The van der Waals surface area contributed by atoms with Crippen LogP contribution in [0, 0.1) is 5.92 Å². The van der Waals surface area contributed by atoms with E-state index in [1.165, 1.54) is 43.3 Å². The Morgan fingerprint density at radius 3 is 1.69 bits per heavy atom. The Labute approximate surface area is 216 Å². The van der Waals surface area contributed by atoms with E-state index in [-0.39, 0.29) is 18.8 Å². The van der Waals surface area contributed by atoms with Crippen LogP contribution < -0.4 is 0 Å². The molecule has 0 amide bonds. The van der Waals surface area contributed by atoms with Gasteiger partial charge >= 0.3 is 11.9 Å². The molecule has 35 heavy (non-hydrogen) atoms. The summed E-state index contributed by atoms with van der Waals surface area (Å²) in [7, 11) is 0. The lowest BCUT2D eigenvalue weighted by Gasteiger charge is -2.08. The molecule has 0 fully saturated rings. The van der Waals surface area contributed by atoms with Crippen LogP contribution in [-0.4, -0.2) is 48.3 Å². The number of ether oxygens (including phenoxy) is 2. The van der Waals surface area contributed by atoms with Crippen LogP contribution in [-0.2, 0) is 28.7 Å². The second kappa shape index (κ2) is 14.8. The maximum absolute atomic E-state index is 12.2. The van der Waals surface area contributed by atoms with Crippen molar-refractivity contribution in [3.8, 4) is 0 Å². The molecule has 0 bridgehead atoms. The zero-order valence-electron chi connectivity index (χ0n) is 21.8. The molecule has 8 nitrogen and oxygen atoms in total. The highest BCUT2D eigenvalue weighted by molar-refractivity contribution is 6.39. The van der Waals surface area contributed by atoms with Crippen molar-refractivity contribution in [2.24, 2.45) is 5.92 Å². The molecule has 0 aliphatic rings. The minimum Gasteiger partial charge on any atom is -0.460 e. The lowest BCUT2D eigenvalue weighted by molar-refractivity contribution is -0.154. The van der Waals surface area contributed by atoms with Crippen molar-refractivity contribution in [1.29, 1.82) is 0 Å². The van der Waals surface area contributed by atoms with Crippen molar-refractivity contribution in [1.82, 2.24) is 0 Å². The number of hydrogen-bond acceptors (Lipinski definition) is 8. The molecule has 1 atom stereocenters. The first-order chi connectivity index (χ1) is 17.7. The van der Waals surface area contributed by atoms with E-state index in [2.05, 4.69) is 9.47 Å². The summed E-state index contributed by atoms with van der Waals surface area (Å²) in [5, 5.41) is 0.854. The van der Waals surface area contributed by atoms with Gasteiger partial charge in [0.05, 0.1) is 25.6 Å². The molecule has 0 saturated heterocycles. The normalized spacial score (nSPS) is 12.4. The number of esters is 2. The summed E-state index contributed by atoms with van der Waals surface area (Å²) in [6.45, 7) is 0.135. The average Bonchev–Trinajstić information content (AvgIpc) is 2.84. The molecule has 0 saturated carbocycles. The van der Waals surface area contributed by atoms with Gasteiger partial charge in [0.1, 0.15) is 0 Å². The Balaban J connectivity index is 0.000000389. The molecule has 2 aromatic carbocycles. The highest BCUT2D eigenvalue weighted by Gasteiger charge is 2.29. The van der Waals surface area contributed by atoms with Gasteiger partial charge in [0, 0.05) is 25.3 Å². The zero-order valence-corrected chi connectivity index (χ0v) is 20.4. The SMILES string of the molecule is CCOC(=O)C(=O)CC(=O)c1ccc(Cl)cc1.[2H]C([2H])([2H])C(C(=O)C(=O)OCC)C(=O)c1ccc(Cl)cc1. The molecule has 0 radical (unpaired) electrons. The Morgan fingerprint density at radius 2 is 1.23 bits per heavy atom. The number of Topliss-reactive ketones (excluding diaryl/α,β-unsaturated/α-hetero) is 4. The standard InChI is InChI=1S/C13H13ClO4.C12H11ClO4/c1-3-18-13(17)12(16)8(2)11(15)9-4-6-10(14)7-5-9;1-2-17-12(16)11(15)7-10(14)8-3-5-9(13)6-4-8/h4-8H,3H2,1-2H3;3-6H,2,7H2,1H3/i2D3;. The van der Waals surface area contributed by atoms with Crippen LogP contribution in [0.4, 0.5) is 0 Å². The number of ketones is 4. The molecule has 10 heteroatoms. The van der Waals surface area contributed by atoms with Crippen molar-refractivity contribution in [2.45, 2.75) is 27.1 Å². The first kappa shape index (κ1) is 24.8. The predicted molar refractivity (Wildman–Crippen MR) is 129 cm³/mol. The van der Waals surface area contributed by atoms with Crippen LogP contribution in [0.25, 0.3) is 0 Å². The van der Waals surface area contributed by atoms with Gasteiger partial charge in [-0.3, -0.25) is 19.2 Å². The molecule has 0 aliphatic carbocycles. The second-order valence-electron chi connectivity index (χ2n) is 6.64. The fourth-order valence-corrected chi connectivity index (χ4v) is 2.64. The fourth-order valence-electron chi connectivity index (χ4n) is 2.39. The summed E-state index contributed by atoms with van der Waals surface area (Å²) < 4.78 is 30.9. The molecule has 0 aromatic heterocycles. The van der Waals surface area contributed by atoms with Crippen LogP contribution in [0.15, 0.2) is 48.5 Å². The van der Waals surface area contributed by atoms with E-state index in [0.29, 0.717) is 15.6 Å². The first-order valence-electron chi connectivity index (χ1n) is 11.7. The first-order valence-corrected chi connectivity index (χ1v) is 11.0.